The Kier molecular flexibility index (Phi) is 5.62. The highest BCUT2D eigenvalue weighted by Gasteiger charge is 2.28. The first-order chi connectivity index (χ1) is 15.7. The molecule has 7 heteroatoms. The van der Waals surface area contributed by atoms with Crippen LogP contribution in [0.25, 0.3) is 5.69 Å². The summed E-state index contributed by atoms with van der Waals surface area (Å²) in [5.74, 6) is 1.37. The minimum absolute atomic E-state index is 0.216. The number of anilines is 1. The number of carbonyl (C=O) groups excluding carboxylic acids is 2. The van der Waals surface area contributed by atoms with Gasteiger partial charge in [-0.25, -0.2) is 9.48 Å². The van der Waals surface area contributed by atoms with Crippen molar-refractivity contribution in [1.82, 2.24) is 20.0 Å². The van der Waals surface area contributed by atoms with Gasteiger partial charge in [-0.05, 0) is 42.5 Å². The zero-order chi connectivity index (χ0) is 21.9. The van der Waals surface area contributed by atoms with Crippen molar-refractivity contribution < 1.29 is 9.59 Å². The van der Waals surface area contributed by atoms with Crippen LogP contribution in [0, 0.1) is 0 Å². The Hall–Kier alpha value is -3.61. The number of carbonyl (C=O) groups is 2. The number of nitrogens with zero attached hydrogens (tertiary/aromatic N) is 3. The van der Waals surface area contributed by atoms with Gasteiger partial charge in [0.05, 0.1) is 11.4 Å². The number of likely N-dealkylation sites (tertiary alicyclic amines) is 1. The number of benzene rings is 2. The lowest BCUT2D eigenvalue weighted by molar-refractivity contribution is -0.128. The fourth-order valence-corrected chi connectivity index (χ4v) is 4.11. The molecule has 1 saturated carbocycles. The van der Waals surface area contributed by atoms with Gasteiger partial charge in [0.1, 0.15) is 5.82 Å². The minimum Gasteiger partial charge on any atom is -0.338 e. The second-order valence-corrected chi connectivity index (χ2v) is 8.52. The fourth-order valence-electron chi connectivity index (χ4n) is 4.11. The van der Waals surface area contributed by atoms with Crippen molar-refractivity contribution in [3.63, 3.8) is 0 Å². The van der Waals surface area contributed by atoms with E-state index in [2.05, 4.69) is 10.6 Å². The SMILES string of the molecule is O=C(NCc1cccc(CN2CCCC2=O)c1)Nc1cc(C2CC2)nn1-c1ccccc1. The Bertz CT molecular complexity index is 1120. The van der Waals surface area contributed by atoms with Gasteiger partial charge in [-0.2, -0.15) is 5.10 Å². The smallest absolute Gasteiger partial charge is 0.320 e. The lowest BCUT2D eigenvalue weighted by Crippen LogP contribution is -2.29. The maximum absolute atomic E-state index is 12.7. The zero-order valence-corrected chi connectivity index (χ0v) is 18.0. The Morgan fingerprint density at radius 1 is 1.03 bits per heavy atom. The van der Waals surface area contributed by atoms with E-state index in [1.54, 1.807) is 4.68 Å². The average Bonchev–Trinajstić information content (AvgIpc) is 3.47. The Morgan fingerprint density at radius 3 is 2.59 bits per heavy atom. The molecule has 1 aliphatic heterocycles. The number of urea groups is 1. The highest BCUT2D eigenvalue weighted by Crippen LogP contribution is 2.40. The van der Waals surface area contributed by atoms with Gasteiger partial charge in [0.2, 0.25) is 5.91 Å². The van der Waals surface area contributed by atoms with Gasteiger partial charge in [0, 0.05) is 38.0 Å². The van der Waals surface area contributed by atoms with Crippen molar-refractivity contribution in [3.8, 4) is 5.69 Å². The summed E-state index contributed by atoms with van der Waals surface area (Å²) in [6.45, 7) is 1.85. The number of para-hydroxylation sites is 1. The molecule has 3 aromatic rings. The van der Waals surface area contributed by atoms with E-state index in [1.165, 1.54) is 0 Å². The number of hydrogen-bond acceptors (Lipinski definition) is 3. The molecular formula is C25H27N5O2. The topological polar surface area (TPSA) is 79.3 Å². The van der Waals surface area contributed by atoms with Crippen LogP contribution in [-0.4, -0.2) is 33.2 Å². The lowest BCUT2D eigenvalue weighted by Gasteiger charge is -2.16. The van der Waals surface area contributed by atoms with E-state index in [-0.39, 0.29) is 11.9 Å². The van der Waals surface area contributed by atoms with Gasteiger partial charge in [0.25, 0.3) is 0 Å². The molecule has 0 atom stereocenters. The summed E-state index contributed by atoms with van der Waals surface area (Å²) >= 11 is 0. The zero-order valence-electron chi connectivity index (χ0n) is 18.0. The van der Waals surface area contributed by atoms with Crippen molar-refractivity contribution in [2.24, 2.45) is 0 Å². The quantitative estimate of drug-likeness (QED) is 0.591. The van der Waals surface area contributed by atoms with Crippen LogP contribution >= 0.6 is 0 Å². The van der Waals surface area contributed by atoms with E-state index in [1.807, 2.05) is 65.6 Å². The Labute approximate surface area is 187 Å². The first kappa shape index (κ1) is 20.3. The second kappa shape index (κ2) is 8.86. The molecule has 1 saturated heterocycles. The van der Waals surface area contributed by atoms with Gasteiger partial charge in [-0.1, -0.05) is 42.5 Å². The minimum atomic E-state index is -0.274. The third-order valence-corrected chi connectivity index (χ3v) is 5.96. The molecule has 0 radical (unpaired) electrons. The van der Waals surface area contributed by atoms with Crippen LogP contribution in [0.1, 0.15) is 48.4 Å². The standard InChI is InChI=1S/C25H27N5O2/c31-24-10-5-13-29(24)17-19-7-4-6-18(14-19)16-26-25(32)27-23-15-22(20-11-12-20)28-30(23)21-8-2-1-3-9-21/h1-4,6-9,14-15,20H,5,10-13,16-17H2,(H2,26,27,32). The number of nitrogens with one attached hydrogen (secondary N) is 2. The van der Waals surface area contributed by atoms with E-state index in [9.17, 15) is 9.59 Å². The number of aromatic nitrogens is 2. The third-order valence-electron chi connectivity index (χ3n) is 5.96. The number of rotatable bonds is 7. The van der Waals surface area contributed by atoms with Crippen molar-refractivity contribution in [2.45, 2.75) is 44.7 Å². The van der Waals surface area contributed by atoms with Crippen molar-refractivity contribution in [2.75, 3.05) is 11.9 Å². The van der Waals surface area contributed by atoms with Gasteiger partial charge in [0.15, 0.2) is 0 Å². The summed E-state index contributed by atoms with van der Waals surface area (Å²) in [5.41, 5.74) is 4.02. The second-order valence-electron chi connectivity index (χ2n) is 8.52. The number of hydrogen-bond donors (Lipinski definition) is 2. The first-order valence-electron chi connectivity index (χ1n) is 11.2. The van der Waals surface area contributed by atoms with Crippen molar-refractivity contribution in [1.29, 1.82) is 0 Å². The molecule has 0 unspecified atom stereocenters. The summed E-state index contributed by atoms with van der Waals surface area (Å²) < 4.78 is 1.79. The maximum atomic E-state index is 12.7. The summed E-state index contributed by atoms with van der Waals surface area (Å²) in [7, 11) is 0. The molecule has 0 spiro atoms. The average molecular weight is 430 g/mol. The molecule has 0 bridgehead atoms. The predicted octanol–water partition coefficient (Wildman–Crippen LogP) is 4.19. The van der Waals surface area contributed by atoms with Crippen LogP contribution < -0.4 is 10.6 Å². The molecule has 2 fully saturated rings. The first-order valence-corrected chi connectivity index (χ1v) is 11.2. The highest BCUT2D eigenvalue weighted by atomic mass is 16.2. The largest absolute Gasteiger partial charge is 0.338 e. The van der Waals surface area contributed by atoms with E-state index in [4.69, 9.17) is 5.10 Å². The van der Waals surface area contributed by atoms with Crippen LogP contribution in [0.5, 0.6) is 0 Å². The van der Waals surface area contributed by atoms with Crippen molar-refractivity contribution >= 4 is 17.8 Å². The van der Waals surface area contributed by atoms with Crippen LogP contribution in [0.15, 0.2) is 60.7 Å². The monoisotopic (exact) mass is 429 g/mol. The molecule has 5 rings (SSSR count). The summed E-state index contributed by atoms with van der Waals surface area (Å²) in [4.78, 5) is 26.4. The van der Waals surface area contributed by atoms with E-state index < -0.39 is 0 Å². The van der Waals surface area contributed by atoms with Gasteiger partial charge in [-0.3, -0.25) is 10.1 Å². The molecule has 3 amide bonds. The molecule has 1 aromatic heterocycles. The van der Waals surface area contributed by atoms with Gasteiger partial charge in [-0.15, -0.1) is 0 Å². The Morgan fingerprint density at radius 2 is 1.84 bits per heavy atom. The maximum Gasteiger partial charge on any atom is 0.320 e. The Balaban J connectivity index is 1.23. The van der Waals surface area contributed by atoms with Crippen molar-refractivity contribution in [3.05, 3.63) is 77.5 Å². The van der Waals surface area contributed by atoms with Crippen LogP contribution in [0.3, 0.4) is 0 Å². The van der Waals surface area contributed by atoms with E-state index in [0.29, 0.717) is 31.2 Å². The number of amides is 3. The molecule has 2 aliphatic rings. The van der Waals surface area contributed by atoms with Gasteiger partial charge < -0.3 is 10.2 Å². The fraction of sp³-hybridized carbons (Fsp3) is 0.320. The van der Waals surface area contributed by atoms with E-state index in [0.717, 1.165) is 48.3 Å². The molecule has 7 nitrogen and oxygen atoms in total. The lowest BCUT2D eigenvalue weighted by atomic mass is 10.1. The normalized spacial score (nSPS) is 15.8. The third kappa shape index (κ3) is 4.66. The molecule has 2 heterocycles. The van der Waals surface area contributed by atoms with Crippen LogP contribution in [0.2, 0.25) is 0 Å². The van der Waals surface area contributed by atoms with Gasteiger partial charge >= 0.3 is 6.03 Å². The van der Waals surface area contributed by atoms with E-state index >= 15 is 0 Å². The predicted molar refractivity (Wildman–Crippen MR) is 122 cm³/mol. The molecule has 32 heavy (non-hydrogen) atoms. The molecule has 164 valence electrons. The molecule has 1 aliphatic carbocycles. The molecular weight excluding hydrogens is 402 g/mol. The molecule has 2 aromatic carbocycles. The molecule has 2 N–H and O–H groups in total. The van der Waals surface area contributed by atoms with Crippen LogP contribution in [-0.2, 0) is 17.9 Å². The summed E-state index contributed by atoms with van der Waals surface area (Å²) in [6.07, 6.45) is 3.87. The summed E-state index contributed by atoms with van der Waals surface area (Å²) in [6, 6.07) is 19.5. The van der Waals surface area contributed by atoms with Crippen LogP contribution in [0.4, 0.5) is 10.6 Å². The highest BCUT2D eigenvalue weighted by molar-refractivity contribution is 5.88. The summed E-state index contributed by atoms with van der Waals surface area (Å²) in [5, 5.41) is 10.6.